The van der Waals surface area contributed by atoms with E-state index in [0.29, 0.717) is 16.2 Å². The Morgan fingerprint density at radius 2 is 1.89 bits per heavy atom. The second-order valence-electron chi connectivity index (χ2n) is 3.80. The van der Waals surface area contributed by atoms with Gasteiger partial charge in [-0.05, 0) is 17.7 Å². The molecule has 0 fully saturated rings. The van der Waals surface area contributed by atoms with Crippen LogP contribution in [0.25, 0.3) is 21.8 Å². The van der Waals surface area contributed by atoms with E-state index in [1.54, 1.807) is 11.7 Å². The molecule has 0 unspecified atom stereocenters. The van der Waals surface area contributed by atoms with E-state index in [0.717, 1.165) is 6.07 Å². The lowest BCUT2D eigenvalue weighted by atomic mass is 10.0. The summed E-state index contributed by atoms with van der Waals surface area (Å²) in [7, 11) is 0. The molecule has 0 aliphatic heterocycles. The summed E-state index contributed by atoms with van der Waals surface area (Å²) in [5.41, 5.74) is 7.97. The first-order valence-corrected chi connectivity index (χ1v) is 6.13. The summed E-state index contributed by atoms with van der Waals surface area (Å²) in [6.07, 6.45) is 1.57. The van der Waals surface area contributed by atoms with Crippen LogP contribution in [0.5, 0.6) is 0 Å². The Hall–Kier alpha value is -2.28. The highest BCUT2D eigenvalue weighted by Crippen LogP contribution is 2.38. The normalized spacial score (nSPS) is 10.8. The Balaban J connectivity index is 2.22. The highest BCUT2D eigenvalue weighted by molar-refractivity contribution is 7.13. The number of thiazole rings is 1. The maximum Gasteiger partial charge on any atom is 0.188 e. The Morgan fingerprint density at radius 1 is 1.16 bits per heavy atom. The summed E-state index contributed by atoms with van der Waals surface area (Å²) in [6, 6.07) is 3.15. The zero-order chi connectivity index (χ0) is 13.4. The number of nitrogens with two attached hydrogens (primary N) is 1. The summed E-state index contributed by atoms with van der Waals surface area (Å²) < 4.78 is 31.7. The molecular formula is C12H7F2N3OS. The van der Waals surface area contributed by atoms with Gasteiger partial charge in [0.15, 0.2) is 11.6 Å². The van der Waals surface area contributed by atoms with Gasteiger partial charge in [-0.15, -0.1) is 11.3 Å². The van der Waals surface area contributed by atoms with Gasteiger partial charge in [-0.3, -0.25) is 4.98 Å². The number of hydrogen-bond donors (Lipinski definition) is 1. The molecule has 4 nitrogen and oxygen atoms in total. The van der Waals surface area contributed by atoms with Gasteiger partial charge < -0.3 is 10.3 Å². The smallest absolute Gasteiger partial charge is 0.188 e. The number of rotatable bonds is 2. The molecule has 0 bridgehead atoms. The molecule has 2 heterocycles. The molecule has 0 atom stereocenters. The van der Waals surface area contributed by atoms with Crippen LogP contribution in [-0.4, -0.2) is 10.1 Å². The van der Waals surface area contributed by atoms with Crippen LogP contribution in [-0.2, 0) is 0 Å². The molecule has 0 radical (unpaired) electrons. The number of benzene rings is 1. The van der Waals surface area contributed by atoms with Crippen LogP contribution in [0.3, 0.4) is 0 Å². The van der Waals surface area contributed by atoms with Gasteiger partial charge in [0.25, 0.3) is 0 Å². The van der Waals surface area contributed by atoms with Crippen LogP contribution in [0.15, 0.2) is 34.4 Å². The average molecular weight is 279 g/mol. The standard InChI is InChI=1S/C12H7F2N3OS/c13-7-1-6(2-8(14)3-7)10-11(18-17-12(10)15)9-4-16-5-19-9/h1-5H,(H2,15,17). The van der Waals surface area contributed by atoms with E-state index < -0.39 is 11.6 Å². The van der Waals surface area contributed by atoms with Crippen molar-refractivity contribution in [2.24, 2.45) is 0 Å². The van der Waals surface area contributed by atoms with Gasteiger partial charge in [0.2, 0.25) is 0 Å². The highest BCUT2D eigenvalue weighted by atomic mass is 32.1. The minimum absolute atomic E-state index is 0.0772. The summed E-state index contributed by atoms with van der Waals surface area (Å²) in [5, 5.41) is 3.65. The fourth-order valence-corrected chi connectivity index (χ4v) is 2.38. The first kappa shape index (κ1) is 11.8. The van der Waals surface area contributed by atoms with Crippen molar-refractivity contribution in [3.8, 4) is 21.8 Å². The molecule has 0 saturated carbocycles. The molecule has 2 aromatic heterocycles. The summed E-state index contributed by atoms with van der Waals surface area (Å²) in [6.45, 7) is 0. The van der Waals surface area contributed by atoms with Gasteiger partial charge in [0.1, 0.15) is 11.6 Å². The van der Waals surface area contributed by atoms with Crippen molar-refractivity contribution in [2.45, 2.75) is 0 Å². The number of hydrogen-bond acceptors (Lipinski definition) is 5. The summed E-state index contributed by atoms with van der Waals surface area (Å²) in [4.78, 5) is 4.60. The largest absolute Gasteiger partial charge is 0.380 e. The maximum atomic E-state index is 13.3. The lowest BCUT2D eigenvalue weighted by Crippen LogP contribution is -1.90. The number of aromatic nitrogens is 2. The van der Waals surface area contributed by atoms with Gasteiger partial charge in [-0.25, -0.2) is 8.78 Å². The Bertz CT molecular complexity index is 704. The molecule has 3 aromatic rings. The lowest BCUT2D eigenvalue weighted by Gasteiger charge is -2.02. The molecule has 0 aliphatic rings. The van der Waals surface area contributed by atoms with E-state index >= 15 is 0 Å². The number of halogens is 2. The van der Waals surface area contributed by atoms with Crippen LogP contribution >= 0.6 is 11.3 Å². The minimum Gasteiger partial charge on any atom is -0.380 e. The van der Waals surface area contributed by atoms with Crippen molar-refractivity contribution >= 4 is 17.2 Å². The predicted octanol–water partition coefficient (Wildman–Crippen LogP) is 3.33. The van der Waals surface area contributed by atoms with Gasteiger partial charge in [0.05, 0.1) is 16.0 Å². The maximum absolute atomic E-state index is 13.3. The molecular weight excluding hydrogens is 272 g/mol. The quantitative estimate of drug-likeness (QED) is 0.781. The van der Waals surface area contributed by atoms with Crippen molar-refractivity contribution in [3.63, 3.8) is 0 Å². The van der Waals surface area contributed by atoms with Crippen LogP contribution < -0.4 is 5.73 Å². The van der Waals surface area contributed by atoms with Crippen molar-refractivity contribution in [1.29, 1.82) is 0 Å². The third-order valence-corrected chi connectivity index (χ3v) is 3.30. The monoisotopic (exact) mass is 279 g/mol. The van der Waals surface area contributed by atoms with Crippen LogP contribution in [0.4, 0.5) is 14.6 Å². The predicted molar refractivity (Wildman–Crippen MR) is 67.4 cm³/mol. The SMILES string of the molecule is Nc1noc(-c2cncs2)c1-c1cc(F)cc(F)c1. The molecule has 0 aliphatic carbocycles. The number of nitrogens with zero attached hydrogens (tertiary/aromatic N) is 2. The zero-order valence-corrected chi connectivity index (χ0v) is 10.2. The third-order valence-electron chi connectivity index (χ3n) is 2.53. The van der Waals surface area contributed by atoms with Crippen molar-refractivity contribution in [1.82, 2.24) is 10.1 Å². The van der Waals surface area contributed by atoms with E-state index in [4.69, 9.17) is 10.3 Å². The van der Waals surface area contributed by atoms with E-state index in [9.17, 15) is 8.78 Å². The third kappa shape index (κ3) is 2.08. The molecule has 0 saturated heterocycles. The van der Waals surface area contributed by atoms with Crippen molar-refractivity contribution < 1.29 is 13.3 Å². The van der Waals surface area contributed by atoms with E-state index in [2.05, 4.69) is 10.1 Å². The first-order chi connectivity index (χ1) is 9.15. The van der Waals surface area contributed by atoms with Crippen molar-refractivity contribution in [3.05, 3.63) is 41.5 Å². The van der Waals surface area contributed by atoms with Crippen LogP contribution in [0.1, 0.15) is 0 Å². The van der Waals surface area contributed by atoms with E-state index in [1.165, 1.54) is 23.5 Å². The Labute approximate surface area is 110 Å². The fraction of sp³-hybridized carbons (Fsp3) is 0. The summed E-state index contributed by atoms with van der Waals surface area (Å²) >= 11 is 1.32. The van der Waals surface area contributed by atoms with Crippen LogP contribution in [0, 0.1) is 11.6 Å². The summed E-state index contributed by atoms with van der Waals surface area (Å²) in [5.74, 6) is -0.949. The second kappa shape index (κ2) is 4.43. The number of anilines is 1. The topological polar surface area (TPSA) is 64.9 Å². The van der Waals surface area contributed by atoms with Crippen LogP contribution in [0.2, 0.25) is 0 Å². The fourth-order valence-electron chi connectivity index (χ4n) is 1.78. The molecule has 19 heavy (non-hydrogen) atoms. The molecule has 0 spiro atoms. The molecule has 96 valence electrons. The Kier molecular flexibility index (Phi) is 2.75. The highest BCUT2D eigenvalue weighted by Gasteiger charge is 2.19. The van der Waals surface area contributed by atoms with Gasteiger partial charge >= 0.3 is 0 Å². The van der Waals surface area contributed by atoms with E-state index in [1.807, 2.05) is 0 Å². The van der Waals surface area contributed by atoms with Gasteiger partial charge in [0, 0.05) is 12.3 Å². The zero-order valence-electron chi connectivity index (χ0n) is 9.43. The molecule has 1 aromatic carbocycles. The van der Waals surface area contributed by atoms with Gasteiger partial charge in [-0.1, -0.05) is 5.16 Å². The van der Waals surface area contributed by atoms with E-state index in [-0.39, 0.29) is 11.4 Å². The molecule has 2 N–H and O–H groups in total. The average Bonchev–Trinajstić information content (AvgIpc) is 2.95. The first-order valence-electron chi connectivity index (χ1n) is 5.25. The Morgan fingerprint density at radius 3 is 2.53 bits per heavy atom. The van der Waals surface area contributed by atoms with Gasteiger partial charge in [-0.2, -0.15) is 0 Å². The molecule has 3 rings (SSSR count). The second-order valence-corrected chi connectivity index (χ2v) is 4.68. The lowest BCUT2D eigenvalue weighted by molar-refractivity contribution is 0.437. The number of nitrogen functional groups attached to an aromatic ring is 1. The van der Waals surface area contributed by atoms with Crippen molar-refractivity contribution in [2.75, 3.05) is 5.73 Å². The molecule has 0 amide bonds. The molecule has 7 heteroatoms. The minimum atomic E-state index is -0.689.